The van der Waals surface area contributed by atoms with E-state index in [1.54, 1.807) is 18.5 Å². The highest BCUT2D eigenvalue weighted by Crippen LogP contribution is 2.60. The lowest BCUT2D eigenvalue weighted by molar-refractivity contribution is 0.154. The second-order valence-electron chi connectivity index (χ2n) is 3.18. The maximum absolute atomic E-state index is 5.84. The first-order valence-corrected chi connectivity index (χ1v) is 9.07. The van der Waals surface area contributed by atoms with Crippen molar-refractivity contribution in [1.29, 1.82) is 0 Å². The lowest BCUT2D eigenvalue weighted by Crippen LogP contribution is -2.14. The molecule has 0 amide bonds. The minimum atomic E-state index is -2.00. The van der Waals surface area contributed by atoms with Crippen molar-refractivity contribution in [3.8, 4) is 0 Å². The van der Waals surface area contributed by atoms with Crippen molar-refractivity contribution in [3.05, 3.63) is 0 Å². The topological polar surface area (TPSA) is 18.5 Å². The molecule has 1 aliphatic carbocycles. The fourth-order valence-corrected chi connectivity index (χ4v) is 3.85. The minimum absolute atomic E-state index is 0.354. The predicted octanol–water partition coefficient (Wildman–Crippen LogP) is 3.57. The highest BCUT2D eigenvalue weighted by molar-refractivity contribution is 8.67. The van der Waals surface area contributed by atoms with Crippen molar-refractivity contribution < 1.29 is 9.05 Å². The summed E-state index contributed by atoms with van der Waals surface area (Å²) in [4.78, 5) is 0. The normalized spacial score (nSPS) is 24.2. The van der Waals surface area contributed by atoms with Gasteiger partial charge in [0.2, 0.25) is 5.69 Å². The van der Waals surface area contributed by atoms with Crippen LogP contribution >= 0.6 is 17.1 Å². The van der Waals surface area contributed by atoms with E-state index >= 15 is 0 Å². The van der Waals surface area contributed by atoms with Crippen LogP contribution in [0.1, 0.15) is 32.1 Å². The van der Waals surface area contributed by atoms with Gasteiger partial charge < -0.3 is 9.05 Å². The molecule has 78 valence electrons. The van der Waals surface area contributed by atoms with Crippen molar-refractivity contribution in [2.75, 3.05) is 13.4 Å². The average Bonchev–Trinajstić information content (AvgIpc) is 2.19. The average molecular weight is 240 g/mol. The first-order chi connectivity index (χ1) is 6.20. The summed E-state index contributed by atoms with van der Waals surface area (Å²) in [6.45, 7) is 0. The van der Waals surface area contributed by atoms with Crippen molar-refractivity contribution in [2.24, 2.45) is 0 Å². The molecule has 5 heteroatoms. The van der Waals surface area contributed by atoms with Gasteiger partial charge in [-0.25, -0.2) is 0 Å². The Morgan fingerprint density at radius 1 is 1.31 bits per heavy atom. The molecule has 0 radical (unpaired) electrons. The zero-order valence-corrected chi connectivity index (χ0v) is 10.7. The molecular weight excluding hydrogens is 223 g/mol. The van der Waals surface area contributed by atoms with Crippen molar-refractivity contribution in [2.45, 2.75) is 38.2 Å². The standard InChI is InChI=1S/C8H17O2PS2/c1-9-11(12,13-2)10-8-6-4-3-5-7-8/h8H,3-7H2,1-2H3. The maximum Gasteiger partial charge on any atom is 0.247 e. The molecule has 1 aliphatic rings. The second kappa shape index (κ2) is 5.72. The van der Waals surface area contributed by atoms with Gasteiger partial charge in [0.1, 0.15) is 0 Å². The molecule has 13 heavy (non-hydrogen) atoms. The number of rotatable bonds is 4. The summed E-state index contributed by atoms with van der Waals surface area (Å²) in [6, 6.07) is 0. The molecule has 1 fully saturated rings. The smallest absolute Gasteiger partial charge is 0.247 e. The van der Waals surface area contributed by atoms with Gasteiger partial charge in [0.25, 0.3) is 0 Å². The zero-order chi connectivity index (χ0) is 9.73. The van der Waals surface area contributed by atoms with Crippen LogP contribution in [0.25, 0.3) is 0 Å². The molecule has 0 aromatic carbocycles. The van der Waals surface area contributed by atoms with E-state index in [1.807, 2.05) is 6.26 Å². The molecule has 0 bridgehead atoms. The Hall–Kier alpha value is 0.920. The molecule has 1 rings (SSSR count). The van der Waals surface area contributed by atoms with E-state index in [1.165, 1.54) is 19.3 Å². The Labute approximate surface area is 89.7 Å². The van der Waals surface area contributed by atoms with Gasteiger partial charge in [-0.2, -0.15) is 0 Å². The van der Waals surface area contributed by atoms with Crippen LogP contribution in [0.2, 0.25) is 0 Å². The molecule has 1 unspecified atom stereocenters. The Bertz CT molecular complexity index is 185. The van der Waals surface area contributed by atoms with Crippen LogP contribution < -0.4 is 0 Å². The summed E-state index contributed by atoms with van der Waals surface area (Å²) in [5.41, 5.74) is -2.00. The van der Waals surface area contributed by atoms with Crippen LogP contribution in [0.4, 0.5) is 0 Å². The van der Waals surface area contributed by atoms with E-state index in [4.69, 9.17) is 20.9 Å². The molecule has 0 spiro atoms. The van der Waals surface area contributed by atoms with E-state index < -0.39 is 5.69 Å². The van der Waals surface area contributed by atoms with Crippen molar-refractivity contribution >= 4 is 28.9 Å². The summed E-state index contributed by atoms with van der Waals surface area (Å²) in [7, 11) is 1.65. The predicted molar refractivity (Wildman–Crippen MR) is 62.8 cm³/mol. The van der Waals surface area contributed by atoms with Crippen LogP contribution in [0.5, 0.6) is 0 Å². The highest BCUT2D eigenvalue weighted by Gasteiger charge is 2.23. The van der Waals surface area contributed by atoms with Gasteiger partial charge in [-0.05, 0) is 30.9 Å². The van der Waals surface area contributed by atoms with Gasteiger partial charge >= 0.3 is 0 Å². The molecule has 1 saturated carbocycles. The Kier molecular flexibility index (Phi) is 5.27. The molecule has 0 aromatic rings. The summed E-state index contributed by atoms with van der Waals surface area (Å²) in [5.74, 6) is 0. The maximum atomic E-state index is 5.84. The van der Waals surface area contributed by atoms with E-state index in [0.717, 1.165) is 12.8 Å². The first-order valence-electron chi connectivity index (χ1n) is 4.60. The second-order valence-corrected chi connectivity index (χ2v) is 9.69. The minimum Gasteiger partial charge on any atom is -0.325 e. The molecule has 2 nitrogen and oxygen atoms in total. The van der Waals surface area contributed by atoms with Gasteiger partial charge in [0, 0.05) is 7.11 Å². The molecular formula is C8H17O2PS2. The van der Waals surface area contributed by atoms with Crippen LogP contribution in [-0.2, 0) is 20.9 Å². The Morgan fingerprint density at radius 2 is 1.92 bits per heavy atom. The largest absolute Gasteiger partial charge is 0.325 e. The quantitative estimate of drug-likeness (QED) is 0.699. The Morgan fingerprint density at radius 3 is 2.38 bits per heavy atom. The van der Waals surface area contributed by atoms with Gasteiger partial charge in [-0.15, -0.1) is 0 Å². The summed E-state index contributed by atoms with van der Waals surface area (Å²) in [6.07, 6.45) is 8.52. The monoisotopic (exact) mass is 240 g/mol. The number of hydrogen-bond donors (Lipinski definition) is 0. The lowest BCUT2D eigenvalue weighted by atomic mass is 9.98. The third-order valence-electron chi connectivity index (χ3n) is 2.28. The van der Waals surface area contributed by atoms with Gasteiger partial charge in [-0.1, -0.05) is 30.6 Å². The van der Waals surface area contributed by atoms with E-state index in [9.17, 15) is 0 Å². The SMILES string of the molecule is COP(=S)(OC1CCCCC1)SC. The molecule has 0 aromatic heterocycles. The van der Waals surface area contributed by atoms with Gasteiger partial charge in [0.15, 0.2) is 0 Å². The van der Waals surface area contributed by atoms with Crippen LogP contribution in [0, 0.1) is 0 Å². The summed E-state index contributed by atoms with van der Waals surface area (Å²) >= 11 is 6.86. The molecule has 0 heterocycles. The summed E-state index contributed by atoms with van der Waals surface area (Å²) in [5, 5.41) is 0. The summed E-state index contributed by atoms with van der Waals surface area (Å²) < 4.78 is 11.1. The highest BCUT2D eigenvalue weighted by atomic mass is 32.9. The van der Waals surface area contributed by atoms with Crippen molar-refractivity contribution in [3.63, 3.8) is 0 Å². The molecule has 1 atom stereocenters. The van der Waals surface area contributed by atoms with Crippen LogP contribution in [-0.4, -0.2) is 19.5 Å². The van der Waals surface area contributed by atoms with Crippen LogP contribution in [0.15, 0.2) is 0 Å². The zero-order valence-electron chi connectivity index (χ0n) is 8.19. The van der Waals surface area contributed by atoms with E-state index in [-0.39, 0.29) is 0 Å². The van der Waals surface area contributed by atoms with E-state index in [2.05, 4.69) is 0 Å². The first kappa shape index (κ1) is 12.0. The fraction of sp³-hybridized carbons (Fsp3) is 1.00. The Balaban J connectivity index is 2.40. The molecule has 0 N–H and O–H groups in total. The third-order valence-corrected chi connectivity index (χ3v) is 7.82. The van der Waals surface area contributed by atoms with E-state index in [0.29, 0.717) is 6.10 Å². The lowest BCUT2D eigenvalue weighted by Gasteiger charge is -2.27. The number of hydrogen-bond acceptors (Lipinski definition) is 4. The van der Waals surface area contributed by atoms with Gasteiger partial charge in [-0.3, -0.25) is 0 Å². The third kappa shape index (κ3) is 3.88. The fourth-order valence-electron chi connectivity index (χ4n) is 1.51. The van der Waals surface area contributed by atoms with Gasteiger partial charge in [0.05, 0.1) is 6.10 Å². The molecule has 0 aliphatic heterocycles. The molecule has 0 saturated heterocycles. The van der Waals surface area contributed by atoms with Crippen molar-refractivity contribution in [1.82, 2.24) is 0 Å². The van der Waals surface area contributed by atoms with Crippen LogP contribution in [0.3, 0.4) is 0 Å².